The minimum Gasteiger partial charge on any atom is -0.496 e. The second kappa shape index (κ2) is 5.44. The van der Waals surface area contributed by atoms with Crippen LogP contribution in [0.3, 0.4) is 0 Å². The summed E-state index contributed by atoms with van der Waals surface area (Å²) in [5, 5.41) is 2.16. The Balaban J connectivity index is 2.89. The van der Waals surface area contributed by atoms with E-state index in [1.165, 1.54) is 7.11 Å². The van der Waals surface area contributed by atoms with E-state index in [0.717, 1.165) is 6.92 Å². The monoisotopic (exact) mass is 307 g/mol. The van der Waals surface area contributed by atoms with Gasteiger partial charge in [0.2, 0.25) is 0 Å². The number of nitrogens with one attached hydrogen (secondary N) is 1. The first-order valence-corrected chi connectivity index (χ1v) is 5.63. The maximum absolute atomic E-state index is 12.6. The molecular weight excluding hydrogens is 296 g/mol. The molecule has 0 heterocycles. The Kier molecular flexibility index (Phi) is 4.45. The number of carbonyl (C=O) groups is 1. The first-order chi connectivity index (χ1) is 7.85. The Hall–Kier alpha value is -1.17. The minimum absolute atomic E-state index is 0.208. The first-order valence-electron chi connectivity index (χ1n) is 4.83. The van der Waals surface area contributed by atoms with Crippen molar-refractivity contribution in [3.05, 3.63) is 28.2 Å². The zero-order chi connectivity index (χ0) is 13.1. The lowest BCUT2D eigenvalue weighted by atomic mass is 10.2. The molecule has 94 valence electrons. The van der Waals surface area contributed by atoms with Crippen molar-refractivity contribution in [1.29, 1.82) is 0 Å². The minimum atomic E-state index is -2.94. The molecular formula is C11H12BrF2NO2. The molecule has 0 saturated heterocycles. The van der Waals surface area contributed by atoms with Gasteiger partial charge in [0.1, 0.15) is 5.75 Å². The standard InChI is InChI=1S/C11H12BrF2NO2/c1-11(13,14)6-15-10(16)9-7(12)4-3-5-8(9)17-2/h3-5H,6H2,1-2H3,(H,15,16). The van der Waals surface area contributed by atoms with Crippen LogP contribution in [0.2, 0.25) is 0 Å². The van der Waals surface area contributed by atoms with Crippen molar-refractivity contribution in [3.8, 4) is 5.75 Å². The summed E-state index contributed by atoms with van der Waals surface area (Å²) in [4.78, 5) is 11.7. The summed E-state index contributed by atoms with van der Waals surface area (Å²) < 4.78 is 30.7. The highest BCUT2D eigenvalue weighted by molar-refractivity contribution is 9.10. The van der Waals surface area contributed by atoms with E-state index in [1.54, 1.807) is 18.2 Å². The fraction of sp³-hybridized carbons (Fsp3) is 0.364. The van der Waals surface area contributed by atoms with Gasteiger partial charge in [0, 0.05) is 11.4 Å². The number of hydrogen-bond donors (Lipinski definition) is 1. The van der Waals surface area contributed by atoms with Gasteiger partial charge >= 0.3 is 0 Å². The van der Waals surface area contributed by atoms with Crippen LogP contribution in [0.25, 0.3) is 0 Å². The molecule has 0 bridgehead atoms. The summed E-state index contributed by atoms with van der Waals surface area (Å²) >= 11 is 3.18. The topological polar surface area (TPSA) is 38.3 Å². The Labute approximate surface area is 106 Å². The fourth-order valence-corrected chi connectivity index (χ4v) is 1.75. The summed E-state index contributed by atoms with van der Waals surface area (Å²) in [7, 11) is 1.41. The molecule has 0 spiro atoms. The normalized spacial score (nSPS) is 11.1. The lowest BCUT2D eigenvalue weighted by molar-refractivity contribution is 0.0220. The van der Waals surface area contributed by atoms with E-state index in [1.807, 2.05) is 0 Å². The third-order valence-corrected chi connectivity index (χ3v) is 2.64. The van der Waals surface area contributed by atoms with Crippen molar-refractivity contribution < 1.29 is 18.3 Å². The van der Waals surface area contributed by atoms with E-state index >= 15 is 0 Å². The van der Waals surface area contributed by atoms with Gasteiger partial charge in [-0.1, -0.05) is 6.07 Å². The number of methoxy groups -OCH3 is 1. The number of alkyl halides is 2. The molecule has 1 rings (SSSR count). The lowest BCUT2D eigenvalue weighted by Crippen LogP contribution is -2.34. The lowest BCUT2D eigenvalue weighted by Gasteiger charge is -2.14. The van der Waals surface area contributed by atoms with Crippen LogP contribution in [0.1, 0.15) is 17.3 Å². The third kappa shape index (κ3) is 3.96. The van der Waals surface area contributed by atoms with Gasteiger partial charge in [0.05, 0.1) is 19.2 Å². The Bertz CT molecular complexity index is 418. The highest BCUT2D eigenvalue weighted by Gasteiger charge is 2.24. The zero-order valence-electron chi connectivity index (χ0n) is 9.39. The molecule has 0 aliphatic rings. The fourth-order valence-electron chi connectivity index (χ4n) is 1.22. The zero-order valence-corrected chi connectivity index (χ0v) is 11.0. The van der Waals surface area contributed by atoms with Gasteiger partial charge in [-0.2, -0.15) is 0 Å². The van der Waals surface area contributed by atoms with E-state index in [4.69, 9.17) is 4.74 Å². The van der Waals surface area contributed by atoms with Crippen LogP contribution in [0.5, 0.6) is 5.75 Å². The maximum Gasteiger partial charge on any atom is 0.262 e. The number of amides is 1. The van der Waals surface area contributed by atoms with Crippen LogP contribution in [-0.4, -0.2) is 25.5 Å². The molecule has 1 amide bonds. The number of hydrogen-bond acceptors (Lipinski definition) is 2. The second-order valence-electron chi connectivity index (χ2n) is 3.57. The van der Waals surface area contributed by atoms with Crippen LogP contribution in [0.4, 0.5) is 8.78 Å². The average Bonchev–Trinajstić information content (AvgIpc) is 2.24. The van der Waals surface area contributed by atoms with Crippen molar-refractivity contribution >= 4 is 21.8 Å². The molecule has 0 aliphatic carbocycles. The Morgan fingerprint density at radius 2 is 2.18 bits per heavy atom. The molecule has 1 aromatic carbocycles. The summed E-state index contributed by atoms with van der Waals surface area (Å²) in [5.41, 5.74) is 0.208. The van der Waals surface area contributed by atoms with E-state index in [-0.39, 0.29) is 5.56 Å². The van der Waals surface area contributed by atoms with Crippen LogP contribution in [-0.2, 0) is 0 Å². The molecule has 1 N–H and O–H groups in total. The Morgan fingerprint density at radius 1 is 1.53 bits per heavy atom. The van der Waals surface area contributed by atoms with Gasteiger partial charge in [-0.15, -0.1) is 0 Å². The molecule has 0 fully saturated rings. The van der Waals surface area contributed by atoms with Gasteiger partial charge in [-0.05, 0) is 28.1 Å². The maximum atomic E-state index is 12.6. The van der Waals surface area contributed by atoms with Gasteiger partial charge in [-0.3, -0.25) is 4.79 Å². The van der Waals surface area contributed by atoms with Crippen LogP contribution in [0, 0.1) is 0 Å². The molecule has 0 saturated carbocycles. The highest BCUT2D eigenvalue weighted by atomic mass is 79.9. The van der Waals surface area contributed by atoms with Gasteiger partial charge in [-0.25, -0.2) is 8.78 Å². The van der Waals surface area contributed by atoms with Gasteiger partial charge in [0.15, 0.2) is 0 Å². The van der Waals surface area contributed by atoms with Crippen molar-refractivity contribution in [2.45, 2.75) is 12.8 Å². The predicted molar refractivity (Wildman–Crippen MR) is 63.6 cm³/mol. The highest BCUT2D eigenvalue weighted by Crippen LogP contribution is 2.26. The van der Waals surface area contributed by atoms with Crippen LogP contribution in [0.15, 0.2) is 22.7 Å². The van der Waals surface area contributed by atoms with Crippen molar-refractivity contribution in [1.82, 2.24) is 5.32 Å². The Morgan fingerprint density at radius 3 is 2.71 bits per heavy atom. The molecule has 0 atom stereocenters. The summed E-state index contributed by atoms with van der Waals surface area (Å²) in [6.45, 7) is 0.0286. The number of carbonyl (C=O) groups excluding carboxylic acids is 1. The van der Waals surface area contributed by atoms with Gasteiger partial charge in [0.25, 0.3) is 11.8 Å². The van der Waals surface area contributed by atoms with E-state index in [2.05, 4.69) is 21.2 Å². The van der Waals surface area contributed by atoms with Crippen molar-refractivity contribution in [2.24, 2.45) is 0 Å². The summed E-state index contributed by atoms with van der Waals surface area (Å²) in [6, 6.07) is 4.92. The average molecular weight is 308 g/mol. The van der Waals surface area contributed by atoms with Crippen molar-refractivity contribution in [2.75, 3.05) is 13.7 Å². The molecule has 0 radical (unpaired) electrons. The number of halogens is 3. The van der Waals surface area contributed by atoms with Crippen LogP contribution < -0.4 is 10.1 Å². The quantitative estimate of drug-likeness (QED) is 0.929. The SMILES string of the molecule is COc1cccc(Br)c1C(=O)NCC(C)(F)F. The summed E-state index contributed by atoms with van der Waals surface area (Å²) in [5.74, 6) is -3.21. The van der Waals surface area contributed by atoms with Gasteiger partial charge < -0.3 is 10.1 Å². The second-order valence-corrected chi connectivity index (χ2v) is 4.42. The third-order valence-electron chi connectivity index (χ3n) is 1.98. The molecule has 17 heavy (non-hydrogen) atoms. The largest absolute Gasteiger partial charge is 0.496 e. The molecule has 0 unspecified atom stereocenters. The predicted octanol–water partition coefficient (Wildman–Crippen LogP) is 2.84. The first kappa shape index (κ1) is 13.9. The number of rotatable bonds is 4. The molecule has 1 aromatic rings. The smallest absolute Gasteiger partial charge is 0.262 e. The number of benzene rings is 1. The summed E-state index contributed by atoms with van der Waals surface area (Å²) in [6.07, 6.45) is 0. The van der Waals surface area contributed by atoms with E-state index in [9.17, 15) is 13.6 Å². The number of ether oxygens (including phenoxy) is 1. The molecule has 0 aromatic heterocycles. The van der Waals surface area contributed by atoms with Crippen LogP contribution >= 0.6 is 15.9 Å². The van der Waals surface area contributed by atoms with E-state index in [0.29, 0.717) is 10.2 Å². The molecule has 3 nitrogen and oxygen atoms in total. The van der Waals surface area contributed by atoms with Crippen molar-refractivity contribution in [3.63, 3.8) is 0 Å². The van der Waals surface area contributed by atoms with E-state index < -0.39 is 18.4 Å². The molecule has 6 heteroatoms. The molecule has 0 aliphatic heterocycles.